The molecular weight excluding hydrogens is 306 g/mol. The van der Waals surface area contributed by atoms with Gasteiger partial charge in [0.1, 0.15) is 17.0 Å². The van der Waals surface area contributed by atoms with Gasteiger partial charge in [0.05, 0.1) is 0 Å². The van der Waals surface area contributed by atoms with E-state index in [2.05, 4.69) is 5.32 Å². The minimum atomic E-state index is -0.717. The van der Waals surface area contributed by atoms with E-state index in [1.807, 2.05) is 30.3 Å². The summed E-state index contributed by atoms with van der Waals surface area (Å²) in [5, 5.41) is 2.48. The summed E-state index contributed by atoms with van der Waals surface area (Å²) >= 11 is 1.67. The molecule has 22 heavy (non-hydrogen) atoms. The first-order chi connectivity index (χ1) is 10.6. The molecule has 1 fully saturated rings. The van der Waals surface area contributed by atoms with Gasteiger partial charge in [-0.1, -0.05) is 30.3 Å². The third-order valence-corrected chi connectivity index (χ3v) is 4.61. The number of hydrogen-bond acceptors (Lipinski definition) is 2. The second kappa shape index (κ2) is 6.36. The van der Waals surface area contributed by atoms with Crippen molar-refractivity contribution in [1.29, 1.82) is 0 Å². The molecule has 1 N–H and O–H groups in total. The molecule has 6 heteroatoms. The second-order valence-corrected chi connectivity index (χ2v) is 6.10. The fourth-order valence-corrected chi connectivity index (χ4v) is 3.65. The van der Waals surface area contributed by atoms with E-state index >= 15 is 0 Å². The first-order valence-corrected chi connectivity index (χ1v) is 7.88. The van der Waals surface area contributed by atoms with Crippen LogP contribution in [0.2, 0.25) is 0 Å². The van der Waals surface area contributed by atoms with Crippen LogP contribution in [0.25, 0.3) is 0 Å². The van der Waals surface area contributed by atoms with Crippen molar-refractivity contribution in [3.63, 3.8) is 0 Å². The summed E-state index contributed by atoms with van der Waals surface area (Å²) in [5.74, 6) is -0.610. The zero-order valence-corrected chi connectivity index (χ0v) is 12.4. The SMILES string of the molecule is O=C(Nc1cc(F)cc(F)c1)N1CCSC1c1ccccc1. The highest BCUT2D eigenvalue weighted by Crippen LogP contribution is 2.38. The molecular formula is C16H14F2N2OS. The van der Waals surface area contributed by atoms with E-state index in [9.17, 15) is 13.6 Å². The van der Waals surface area contributed by atoms with Gasteiger partial charge in [-0.05, 0) is 17.7 Å². The lowest BCUT2D eigenvalue weighted by Gasteiger charge is -2.24. The number of benzene rings is 2. The smallest absolute Gasteiger partial charge is 0.308 e. The van der Waals surface area contributed by atoms with Crippen molar-refractivity contribution >= 4 is 23.5 Å². The van der Waals surface area contributed by atoms with Crippen molar-refractivity contribution in [3.05, 3.63) is 65.7 Å². The highest BCUT2D eigenvalue weighted by molar-refractivity contribution is 7.99. The van der Waals surface area contributed by atoms with Gasteiger partial charge in [-0.2, -0.15) is 0 Å². The van der Waals surface area contributed by atoms with Crippen molar-refractivity contribution in [1.82, 2.24) is 4.90 Å². The van der Waals surface area contributed by atoms with Gasteiger partial charge in [0, 0.05) is 24.1 Å². The average molecular weight is 320 g/mol. The summed E-state index contributed by atoms with van der Waals surface area (Å²) in [6.07, 6.45) is 0. The molecule has 0 radical (unpaired) electrons. The van der Waals surface area contributed by atoms with Crippen LogP contribution in [0.4, 0.5) is 19.3 Å². The van der Waals surface area contributed by atoms with Crippen LogP contribution in [0.5, 0.6) is 0 Å². The molecule has 3 rings (SSSR count). The van der Waals surface area contributed by atoms with Crippen LogP contribution in [0, 0.1) is 11.6 Å². The number of anilines is 1. The largest absolute Gasteiger partial charge is 0.323 e. The van der Waals surface area contributed by atoms with Crippen LogP contribution in [0.3, 0.4) is 0 Å². The molecule has 1 heterocycles. The monoisotopic (exact) mass is 320 g/mol. The summed E-state index contributed by atoms with van der Waals surface area (Å²) in [6.45, 7) is 0.591. The van der Waals surface area contributed by atoms with Gasteiger partial charge in [0.15, 0.2) is 0 Å². The Balaban J connectivity index is 1.76. The van der Waals surface area contributed by atoms with Gasteiger partial charge >= 0.3 is 6.03 Å². The summed E-state index contributed by atoms with van der Waals surface area (Å²) in [4.78, 5) is 14.0. The first kappa shape index (κ1) is 14.8. The van der Waals surface area contributed by atoms with Gasteiger partial charge in [-0.3, -0.25) is 0 Å². The predicted octanol–water partition coefficient (Wildman–Crippen LogP) is 4.24. The van der Waals surface area contributed by atoms with E-state index in [0.717, 1.165) is 29.5 Å². The molecule has 3 nitrogen and oxygen atoms in total. The third kappa shape index (κ3) is 3.22. The van der Waals surface area contributed by atoms with E-state index < -0.39 is 11.6 Å². The Hall–Kier alpha value is -2.08. The van der Waals surface area contributed by atoms with Gasteiger partial charge in [0.25, 0.3) is 0 Å². The minimum absolute atomic E-state index is 0.0837. The Kier molecular flexibility index (Phi) is 4.29. The number of nitrogens with one attached hydrogen (secondary N) is 1. The van der Waals surface area contributed by atoms with Crippen LogP contribution in [-0.4, -0.2) is 23.2 Å². The van der Waals surface area contributed by atoms with Crippen molar-refractivity contribution in [2.45, 2.75) is 5.37 Å². The van der Waals surface area contributed by atoms with E-state index in [0.29, 0.717) is 6.54 Å². The maximum absolute atomic E-state index is 13.2. The van der Waals surface area contributed by atoms with Gasteiger partial charge in [-0.25, -0.2) is 13.6 Å². The van der Waals surface area contributed by atoms with Crippen molar-refractivity contribution < 1.29 is 13.6 Å². The highest BCUT2D eigenvalue weighted by Gasteiger charge is 2.30. The summed E-state index contributed by atoms with van der Waals surface area (Å²) < 4.78 is 26.4. The molecule has 1 saturated heterocycles. The summed E-state index contributed by atoms with van der Waals surface area (Å²) in [5.41, 5.74) is 1.15. The molecule has 2 amide bonds. The van der Waals surface area contributed by atoms with Gasteiger partial charge < -0.3 is 10.2 Å². The van der Waals surface area contributed by atoms with Crippen LogP contribution in [0.15, 0.2) is 48.5 Å². The molecule has 1 aliphatic rings. The Morgan fingerprint density at radius 1 is 1.14 bits per heavy atom. The van der Waals surface area contributed by atoms with Gasteiger partial charge in [0.2, 0.25) is 0 Å². The van der Waals surface area contributed by atoms with Gasteiger partial charge in [-0.15, -0.1) is 11.8 Å². The van der Waals surface area contributed by atoms with Crippen LogP contribution in [0.1, 0.15) is 10.9 Å². The Morgan fingerprint density at radius 2 is 1.82 bits per heavy atom. The number of urea groups is 1. The van der Waals surface area contributed by atoms with Crippen LogP contribution < -0.4 is 5.32 Å². The molecule has 0 aliphatic carbocycles. The quantitative estimate of drug-likeness (QED) is 0.897. The molecule has 1 aliphatic heterocycles. The number of halogens is 2. The van der Waals surface area contributed by atoms with E-state index in [4.69, 9.17) is 0 Å². The lowest BCUT2D eigenvalue weighted by Crippen LogP contribution is -2.34. The molecule has 2 aromatic carbocycles. The van der Waals surface area contributed by atoms with Crippen molar-refractivity contribution in [2.24, 2.45) is 0 Å². The fourth-order valence-electron chi connectivity index (χ4n) is 2.39. The van der Waals surface area contributed by atoms with Crippen molar-refractivity contribution in [2.75, 3.05) is 17.6 Å². The zero-order valence-electron chi connectivity index (χ0n) is 11.6. The third-order valence-electron chi connectivity index (χ3n) is 3.35. The standard InChI is InChI=1S/C16H14F2N2OS/c17-12-8-13(18)10-14(9-12)19-16(21)20-6-7-22-15(20)11-4-2-1-3-5-11/h1-5,8-10,15H,6-7H2,(H,19,21). The summed E-state index contributed by atoms with van der Waals surface area (Å²) in [7, 11) is 0. The molecule has 0 aromatic heterocycles. The zero-order chi connectivity index (χ0) is 15.5. The molecule has 2 aromatic rings. The number of thioether (sulfide) groups is 1. The molecule has 0 spiro atoms. The van der Waals surface area contributed by atoms with E-state index in [-0.39, 0.29) is 17.1 Å². The summed E-state index contributed by atoms with van der Waals surface area (Å²) in [6, 6.07) is 12.3. The lowest BCUT2D eigenvalue weighted by molar-refractivity contribution is 0.214. The molecule has 0 saturated carbocycles. The predicted molar refractivity (Wildman–Crippen MR) is 83.7 cm³/mol. The average Bonchev–Trinajstić information content (AvgIpc) is 2.96. The second-order valence-electron chi connectivity index (χ2n) is 4.92. The number of rotatable bonds is 2. The van der Waals surface area contributed by atoms with Crippen LogP contribution >= 0.6 is 11.8 Å². The Labute approximate surface area is 131 Å². The Bertz CT molecular complexity index is 661. The molecule has 114 valence electrons. The Morgan fingerprint density at radius 3 is 2.50 bits per heavy atom. The maximum atomic E-state index is 13.2. The topological polar surface area (TPSA) is 32.3 Å². The molecule has 0 bridgehead atoms. The van der Waals surface area contributed by atoms with Crippen LogP contribution in [-0.2, 0) is 0 Å². The minimum Gasteiger partial charge on any atom is -0.308 e. The molecule has 1 unspecified atom stereocenters. The first-order valence-electron chi connectivity index (χ1n) is 6.84. The maximum Gasteiger partial charge on any atom is 0.323 e. The highest BCUT2D eigenvalue weighted by atomic mass is 32.2. The van der Waals surface area contributed by atoms with E-state index in [1.165, 1.54) is 0 Å². The number of amides is 2. The fraction of sp³-hybridized carbons (Fsp3) is 0.188. The number of nitrogens with zero attached hydrogens (tertiary/aromatic N) is 1. The number of hydrogen-bond donors (Lipinski definition) is 1. The van der Waals surface area contributed by atoms with E-state index in [1.54, 1.807) is 16.7 Å². The normalized spacial score (nSPS) is 17.5. The number of carbonyl (C=O) groups is 1. The lowest BCUT2D eigenvalue weighted by atomic mass is 10.2. The number of carbonyl (C=O) groups excluding carboxylic acids is 1. The molecule has 1 atom stereocenters. The van der Waals surface area contributed by atoms with Crippen molar-refractivity contribution in [3.8, 4) is 0 Å².